The van der Waals surface area contributed by atoms with Crippen molar-refractivity contribution in [1.29, 1.82) is 0 Å². The summed E-state index contributed by atoms with van der Waals surface area (Å²) < 4.78 is 57.1. The molecule has 0 saturated heterocycles. The number of primary sulfonamides is 1. The van der Waals surface area contributed by atoms with Crippen LogP contribution in [0.2, 0.25) is 5.02 Å². The number of hydrogen-bond acceptors (Lipinski definition) is 4. The molecular formula is C16H14ClF2IN2O3S. The molecule has 1 fully saturated rings. The Kier molecular flexibility index (Phi) is 5.35. The molecule has 0 aliphatic heterocycles. The highest BCUT2D eigenvalue weighted by Crippen LogP contribution is 2.42. The van der Waals surface area contributed by atoms with Crippen LogP contribution in [-0.4, -0.2) is 20.6 Å². The Morgan fingerprint density at radius 1 is 1.27 bits per heavy atom. The van der Waals surface area contributed by atoms with Gasteiger partial charge < -0.3 is 10.1 Å². The van der Waals surface area contributed by atoms with Crippen LogP contribution < -0.4 is 15.2 Å². The minimum Gasteiger partial charge on any atom is -0.487 e. The maximum atomic E-state index is 14.1. The number of hydrogen-bond donors (Lipinski definition) is 2. The van der Waals surface area contributed by atoms with Crippen LogP contribution in [0.15, 0.2) is 35.2 Å². The number of nitrogens with one attached hydrogen (secondary N) is 1. The molecule has 3 rings (SSSR count). The summed E-state index contributed by atoms with van der Waals surface area (Å²) in [6.07, 6.45) is 1.41. The van der Waals surface area contributed by atoms with Gasteiger partial charge in [0, 0.05) is 3.57 Å². The van der Waals surface area contributed by atoms with E-state index in [0.717, 1.165) is 9.64 Å². The van der Waals surface area contributed by atoms with E-state index in [1.807, 2.05) is 12.1 Å². The van der Waals surface area contributed by atoms with Crippen LogP contribution >= 0.6 is 34.2 Å². The van der Waals surface area contributed by atoms with Gasteiger partial charge in [-0.3, -0.25) is 0 Å². The fraction of sp³-hybridized carbons (Fsp3) is 0.250. The van der Waals surface area contributed by atoms with E-state index < -0.39 is 37.8 Å². The fourth-order valence-electron chi connectivity index (χ4n) is 2.42. The Bertz CT molecular complexity index is 968. The lowest BCUT2D eigenvalue weighted by molar-refractivity contribution is 0.263. The van der Waals surface area contributed by atoms with Gasteiger partial charge in [0.05, 0.1) is 16.2 Å². The van der Waals surface area contributed by atoms with Gasteiger partial charge >= 0.3 is 0 Å². The standard InChI is InChI=1S/C16H14ClF2IN2O3S/c17-10-7-9(20)1-3-12(10)22-16(5-6-16)8-25-15-13(26(21,23)24)4-2-11(18)14(15)19/h1-4,7,22H,5-6,8H2,(H2,21,23,24). The summed E-state index contributed by atoms with van der Waals surface area (Å²) in [6, 6.07) is 7.04. The number of benzene rings is 2. The van der Waals surface area contributed by atoms with Crippen LogP contribution in [0.1, 0.15) is 12.8 Å². The summed E-state index contributed by atoms with van der Waals surface area (Å²) in [6.45, 7) is -0.0712. The zero-order valence-corrected chi connectivity index (χ0v) is 17.0. The van der Waals surface area contributed by atoms with Crippen molar-refractivity contribution in [3.63, 3.8) is 0 Å². The van der Waals surface area contributed by atoms with Gasteiger partial charge in [0.15, 0.2) is 11.6 Å². The van der Waals surface area contributed by atoms with E-state index in [0.29, 0.717) is 29.6 Å². The van der Waals surface area contributed by atoms with Crippen LogP contribution in [0.3, 0.4) is 0 Å². The van der Waals surface area contributed by atoms with E-state index in [1.165, 1.54) is 0 Å². The molecule has 0 spiro atoms. The van der Waals surface area contributed by atoms with Crippen LogP contribution in [0.25, 0.3) is 0 Å². The Morgan fingerprint density at radius 3 is 2.54 bits per heavy atom. The van der Waals surface area contributed by atoms with E-state index in [-0.39, 0.29) is 6.61 Å². The molecule has 1 aliphatic carbocycles. The molecule has 1 saturated carbocycles. The number of rotatable bonds is 6. The molecule has 0 unspecified atom stereocenters. The number of sulfonamides is 1. The summed E-state index contributed by atoms with van der Waals surface area (Å²) in [4.78, 5) is -0.598. The smallest absolute Gasteiger partial charge is 0.241 e. The van der Waals surface area contributed by atoms with Gasteiger partial charge in [-0.1, -0.05) is 11.6 Å². The quantitative estimate of drug-likeness (QED) is 0.573. The molecule has 26 heavy (non-hydrogen) atoms. The Balaban J connectivity index is 1.82. The van der Waals surface area contributed by atoms with Crippen molar-refractivity contribution in [3.8, 4) is 5.75 Å². The van der Waals surface area contributed by atoms with E-state index in [2.05, 4.69) is 27.9 Å². The monoisotopic (exact) mass is 514 g/mol. The molecule has 0 atom stereocenters. The van der Waals surface area contributed by atoms with Crippen LogP contribution in [0.4, 0.5) is 14.5 Å². The number of halogens is 4. The molecule has 140 valence electrons. The Labute approximate surface area is 168 Å². The third kappa shape index (κ3) is 4.21. The average molecular weight is 515 g/mol. The molecule has 2 aromatic carbocycles. The van der Waals surface area contributed by atoms with Crippen molar-refractivity contribution < 1.29 is 21.9 Å². The molecule has 0 radical (unpaired) electrons. The van der Waals surface area contributed by atoms with E-state index in [9.17, 15) is 17.2 Å². The minimum atomic E-state index is -4.26. The second-order valence-electron chi connectivity index (χ2n) is 6.05. The molecular weight excluding hydrogens is 501 g/mol. The van der Waals surface area contributed by atoms with Crippen LogP contribution in [0.5, 0.6) is 5.75 Å². The Morgan fingerprint density at radius 2 is 1.96 bits per heavy atom. The second kappa shape index (κ2) is 7.10. The summed E-state index contributed by atoms with van der Waals surface area (Å²) in [5.74, 6) is -3.32. The molecule has 0 bridgehead atoms. The molecule has 3 N–H and O–H groups in total. The van der Waals surface area contributed by atoms with Gasteiger partial charge in [-0.05, 0) is 65.8 Å². The van der Waals surface area contributed by atoms with Crippen molar-refractivity contribution in [3.05, 3.63) is 50.6 Å². The molecule has 0 heterocycles. The first-order valence-corrected chi connectivity index (χ1v) is 10.5. The van der Waals surface area contributed by atoms with Crippen LogP contribution in [0, 0.1) is 15.2 Å². The zero-order chi connectivity index (χ0) is 19.1. The van der Waals surface area contributed by atoms with Crippen molar-refractivity contribution in [2.45, 2.75) is 23.3 Å². The van der Waals surface area contributed by atoms with Gasteiger partial charge in [0.2, 0.25) is 15.8 Å². The van der Waals surface area contributed by atoms with E-state index in [4.69, 9.17) is 21.5 Å². The lowest BCUT2D eigenvalue weighted by atomic mass is 10.2. The predicted molar refractivity (Wildman–Crippen MR) is 103 cm³/mol. The van der Waals surface area contributed by atoms with Crippen molar-refractivity contribution in [2.24, 2.45) is 5.14 Å². The van der Waals surface area contributed by atoms with E-state index >= 15 is 0 Å². The highest BCUT2D eigenvalue weighted by molar-refractivity contribution is 14.1. The van der Waals surface area contributed by atoms with Gasteiger partial charge in [0.1, 0.15) is 11.5 Å². The highest BCUT2D eigenvalue weighted by Gasteiger charge is 2.44. The largest absolute Gasteiger partial charge is 0.487 e. The summed E-state index contributed by atoms with van der Waals surface area (Å²) in [5, 5.41) is 8.81. The molecule has 1 aliphatic rings. The molecule has 10 heteroatoms. The molecule has 5 nitrogen and oxygen atoms in total. The molecule has 0 aromatic heterocycles. The maximum Gasteiger partial charge on any atom is 0.241 e. The molecule has 0 amide bonds. The number of nitrogens with two attached hydrogens (primary N) is 1. The summed E-state index contributed by atoms with van der Waals surface area (Å²) in [5.41, 5.74) is 0.143. The normalized spacial score (nSPS) is 15.6. The number of ether oxygens (including phenoxy) is 1. The Hall–Kier alpha value is -1.17. The lowest BCUT2D eigenvalue weighted by Crippen LogP contribution is -2.30. The van der Waals surface area contributed by atoms with Gasteiger partial charge in [-0.2, -0.15) is 4.39 Å². The van der Waals surface area contributed by atoms with E-state index in [1.54, 1.807) is 6.07 Å². The van der Waals surface area contributed by atoms with Crippen molar-refractivity contribution >= 4 is 49.9 Å². The first-order chi connectivity index (χ1) is 12.1. The zero-order valence-electron chi connectivity index (χ0n) is 13.2. The first-order valence-electron chi connectivity index (χ1n) is 7.48. The fourth-order valence-corrected chi connectivity index (χ4v) is 3.98. The van der Waals surface area contributed by atoms with Gasteiger partial charge in [0.25, 0.3) is 0 Å². The van der Waals surface area contributed by atoms with Crippen molar-refractivity contribution in [1.82, 2.24) is 0 Å². The third-order valence-electron chi connectivity index (χ3n) is 4.00. The highest BCUT2D eigenvalue weighted by atomic mass is 127. The first kappa shape index (κ1) is 19.6. The van der Waals surface area contributed by atoms with Gasteiger partial charge in [-0.15, -0.1) is 0 Å². The average Bonchev–Trinajstić information content (AvgIpc) is 3.30. The molecule has 2 aromatic rings. The minimum absolute atomic E-state index is 0.0712. The topological polar surface area (TPSA) is 81.4 Å². The maximum absolute atomic E-state index is 14.1. The summed E-state index contributed by atoms with van der Waals surface area (Å²) >= 11 is 8.33. The third-order valence-corrected chi connectivity index (χ3v) is 5.92. The van der Waals surface area contributed by atoms with Crippen molar-refractivity contribution in [2.75, 3.05) is 11.9 Å². The lowest BCUT2D eigenvalue weighted by Gasteiger charge is -2.21. The van der Waals surface area contributed by atoms with Gasteiger partial charge in [-0.25, -0.2) is 17.9 Å². The SMILES string of the molecule is NS(=O)(=O)c1ccc(F)c(F)c1OCC1(Nc2ccc(I)cc2Cl)CC1. The number of anilines is 1. The second-order valence-corrected chi connectivity index (χ2v) is 9.23. The van der Waals surface area contributed by atoms with Crippen LogP contribution in [-0.2, 0) is 10.0 Å². The predicted octanol–water partition coefficient (Wildman–Crippen LogP) is 3.89. The summed E-state index contributed by atoms with van der Waals surface area (Å²) in [7, 11) is -4.26.